The maximum Gasteiger partial charge on any atom is 0.234 e. The summed E-state index contributed by atoms with van der Waals surface area (Å²) in [5.41, 5.74) is 5.52. The molecule has 20 heavy (non-hydrogen) atoms. The Hall–Kier alpha value is -2.10. The fraction of sp³-hybridized carbons (Fsp3) is 0.375. The fourth-order valence-corrected chi connectivity index (χ4v) is 2.60. The third-order valence-electron chi connectivity index (χ3n) is 3.90. The van der Waals surface area contributed by atoms with E-state index in [4.69, 9.17) is 4.52 Å². The molecular weight excluding hydrogens is 252 g/mol. The Morgan fingerprint density at radius 3 is 2.95 bits per heavy atom. The first-order chi connectivity index (χ1) is 9.63. The smallest absolute Gasteiger partial charge is 0.234 e. The first-order valence-corrected chi connectivity index (χ1v) is 6.97. The molecule has 0 spiro atoms. The number of benzene rings is 1. The summed E-state index contributed by atoms with van der Waals surface area (Å²) in [4.78, 5) is 12.1. The van der Waals surface area contributed by atoms with Crippen molar-refractivity contribution in [3.8, 4) is 0 Å². The summed E-state index contributed by atoms with van der Waals surface area (Å²) in [6, 6.07) is 6.09. The number of aromatic nitrogens is 1. The lowest BCUT2D eigenvalue weighted by Crippen LogP contribution is -2.15. The number of nitrogens with one attached hydrogen (secondary N) is 1. The maximum atomic E-state index is 12.1. The van der Waals surface area contributed by atoms with Crippen LogP contribution in [0.3, 0.4) is 0 Å². The molecule has 1 aromatic heterocycles. The van der Waals surface area contributed by atoms with Crippen molar-refractivity contribution in [3.05, 3.63) is 46.1 Å². The van der Waals surface area contributed by atoms with Gasteiger partial charge < -0.3 is 4.52 Å². The van der Waals surface area contributed by atoms with Crippen LogP contribution < -0.4 is 5.32 Å². The number of aryl methyl sites for hydroxylation is 3. The quantitative estimate of drug-likeness (QED) is 0.933. The molecule has 0 saturated carbocycles. The van der Waals surface area contributed by atoms with Crippen LogP contribution in [-0.2, 0) is 24.1 Å². The summed E-state index contributed by atoms with van der Waals surface area (Å²) in [5.74, 6) is 0.477. The Bertz CT molecular complexity index is 658. The molecule has 1 aliphatic rings. The van der Waals surface area contributed by atoms with Gasteiger partial charge in [-0.25, -0.2) is 0 Å². The molecule has 0 aliphatic heterocycles. The van der Waals surface area contributed by atoms with E-state index in [-0.39, 0.29) is 5.91 Å². The zero-order chi connectivity index (χ0) is 14.1. The van der Waals surface area contributed by atoms with Crippen LogP contribution in [0.25, 0.3) is 0 Å². The van der Waals surface area contributed by atoms with Crippen LogP contribution in [0.5, 0.6) is 0 Å². The highest BCUT2D eigenvalue weighted by Crippen LogP contribution is 2.28. The molecule has 0 bridgehead atoms. The van der Waals surface area contributed by atoms with Gasteiger partial charge in [0.15, 0.2) is 0 Å². The number of anilines is 1. The number of nitrogens with zero attached hydrogens (tertiary/aromatic N) is 1. The number of hydrogen-bond donors (Lipinski definition) is 1. The highest BCUT2D eigenvalue weighted by Gasteiger charge is 2.22. The number of rotatable bonds is 3. The molecule has 0 saturated heterocycles. The van der Waals surface area contributed by atoms with Gasteiger partial charge in [-0.2, -0.15) is 0 Å². The Kier molecular flexibility index (Phi) is 3.30. The summed E-state index contributed by atoms with van der Waals surface area (Å²) in [5, 5.41) is 6.83. The third kappa shape index (κ3) is 2.46. The normalized spacial score (nSPS) is 13.3. The van der Waals surface area contributed by atoms with Gasteiger partial charge in [0.1, 0.15) is 0 Å². The van der Waals surface area contributed by atoms with Gasteiger partial charge in [0.2, 0.25) is 11.8 Å². The summed E-state index contributed by atoms with van der Waals surface area (Å²) < 4.78 is 5.21. The molecule has 3 rings (SSSR count). The predicted molar refractivity (Wildman–Crippen MR) is 76.8 cm³/mol. The van der Waals surface area contributed by atoms with Crippen LogP contribution in [0.2, 0.25) is 0 Å². The van der Waals surface area contributed by atoms with E-state index in [0.29, 0.717) is 12.3 Å². The fourth-order valence-electron chi connectivity index (χ4n) is 2.60. The summed E-state index contributed by atoms with van der Waals surface area (Å²) in [7, 11) is 0. The molecule has 104 valence electrons. The van der Waals surface area contributed by atoms with Crippen LogP contribution in [0.4, 0.5) is 5.88 Å². The van der Waals surface area contributed by atoms with Gasteiger partial charge >= 0.3 is 0 Å². The van der Waals surface area contributed by atoms with E-state index in [1.54, 1.807) is 0 Å². The van der Waals surface area contributed by atoms with E-state index in [1.807, 2.05) is 12.1 Å². The number of amides is 1. The zero-order valence-corrected chi connectivity index (χ0v) is 11.8. The van der Waals surface area contributed by atoms with Gasteiger partial charge in [-0.1, -0.05) is 23.4 Å². The second-order valence-electron chi connectivity index (χ2n) is 5.43. The molecular formula is C16H18N2O2. The van der Waals surface area contributed by atoms with Crippen molar-refractivity contribution in [2.75, 3.05) is 5.32 Å². The van der Waals surface area contributed by atoms with Crippen molar-refractivity contribution in [2.45, 2.75) is 39.5 Å². The minimum absolute atomic E-state index is 0.0564. The molecule has 0 radical (unpaired) electrons. The van der Waals surface area contributed by atoms with Gasteiger partial charge in [-0.05, 0) is 49.8 Å². The van der Waals surface area contributed by atoms with Gasteiger partial charge in [-0.3, -0.25) is 10.1 Å². The Morgan fingerprint density at radius 2 is 2.15 bits per heavy atom. The van der Waals surface area contributed by atoms with E-state index in [1.165, 1.54) is 11.1 Å². The molecule has 1 aromatic carbocycles. The first kappa shape index (κ1) is 12.9. The Balaban J connectivity index is 1.69. The van der Waals surface area contributed by atoms with Crippen molar-refractivity contribution in [1.29, 1.82) is 0 Å². The lowest BCUT2D eigenvalue weighted by molar-refractivity contribution is -0.115. The minimum Gasteiger partial charge on any atom is -0.338 e. The standard InChI is InChI=1S/C16H18N2O2/c1-10-6-7-12(8-11(10)2)9-15(19)17-16-13-4-3-5-14(13)18-20-16/h6-8H,3-5,9H2,1-2H3,(H,17,19). The van der Waals surface area contributed by atoms with Gasteiger partial charge in [0.05, 0.1) is 12.1 Å². The molecule has 2 aromatic rings. The van der Waals surface area contributed by atoms with Crippen molar-refractivity contribution in [1.82, 2.24) is 5.16 Å². The number of carbonyl (C=O) groups is 1. The maximum absolute atomic E-state index is 12.1. The van der Waals surface area contributed by atoms with E-state index >= 15 is 0 Å². The van der Waals surface area contributed by atoms with Gasteiger partial charge in [0, 0.05) is 5.56 Å². The predicted octanol–water partition coefficient (Wildman–Crippen LogP) is 2.96. The molecule has 0 unspecified atom stereocenters. The van der Waals surface area contributed by atoms with E-state index in [9.17, 15) is 4.79 Å². The van der Waals surface area contributed by atoms with Crippen LogP contribution in [-0.4, -0.2) is 11.1 Å². The van der Waals surface area contributed by atoms with Crippen LogP contribution in [0, 0.1) is 13.8 Å². The largest absolute Gasteiger partial charge is 0.338 e. The average molecular weight is 270 g/mol. The molecule has 4 nitrogen and oxygen atoms in total. The summed E-state index contributed by atoms with van der Waals surface area (Å²) in [6.07, 6.45) is 3.34. The zero-order valence-electron chi connectivity index (χ0n) is 11.8. The lowest BCUT2D eigenvalue weighted by atomic mass is 10.0. The molecule has 1 N–H and O–H groups in total. The van der Waals surface area contributed by atoms with Crippen molar-refractivity contribution in [3.63, 3.8) is 0 Å². The van der Waals surface area contributed by atoms with Gasteiger partial charge in [-0.15, -0.1) is 0 Å². The van der Waals surface area contributed by atoms with Crippen molar-refractivity contribution >= 4 is 11.8 Å². The summed E-state index contributed by atoms with van der Waals surface area (Å²) in [6.45, 7) is 4.12. The highest BCUT2D eigenvalue weighted by molar-refractivity contribution is 5.91. The van der Waals surface area contributed by atoms with Crippen LogP contribution in [0.15, 0.2) is 22.7 Å². The highest BCUT2D eigenvalue weighted by atomic mass is 16.5. The topological polar surface area (TPSA) is 55.1 Å². The van der Waals surface area contributed by atoms with Crippen molar-refractivity contribution in [2.24, 2.45) is 0 Å². The first-order valence-electron chi connectivity index (χ1n) is 6.97. The summed E-state index contributed by atoms with van der Waals surface area (Å²) >= 11 is 0. The molecule has 0 atom stereocenters. The second-order valence-corrected chi connectivity index (χ2v) is 5.43. The second kappa shape index (κ2) is 5.12. The van der Waals surface area contributed by atoms with E-state index < -0.39 is 0 Å². The van der Waals surface area contributed by atoms with Crippen LogP contribution >= 0.6 is 0 Å². The Labute approximate surface area is 118 Å². The average Bonchev–Trinajstić information content (AvgIpc) is 2.99. The van der Waals surface area contributed by atoms with E-state index in [2.05, 4.69) is 30.4 Å². The van der Waals surface area contributed by atoms with Gasteiger partial charge in [0.25, 0.3) is 0 Å². The number of hydrogen-bond acceptors (Lipinski definition) is 3. The van der Waals surface area contributed by atoms with Crippen LogP contribution in [0.1, 0.15) is 34.4 Å². The Morgan fingerprint density at radius 1 is 1.30 bits per heavy atom. The molecule has 1 aliphatic carbocycles. The minimum atomic E-state index is -0.0564. The monoisotopic (exact) mass is 270 g/mol. The van der Waals surface area contributed by atoms with Crippen molar-refractivity contribution < 1.29 is 9.32 Å². The molecule has 1 amide bonds. The molecule has 0 fully saturated rings. The third-order valence-corrected chi connectivity index (χ3v) is 3.90. The molecule has 4 heteroatoms. The number of carbonyl (C=O) groups excluding carboxylic acids is 1. The lowest BCUT2D eigenvalue weighted by Gasteiger charge is -2.06. The van der Waals surface area contributed by atoms with E-state index in [0.717, 1.165) is 36.1 Å². The number of fused-ring (bicyclic) bond motifs is 1. The SMILES string of the molecule is Cc1ccc(CC(=O)Nc2onc3c2CCC3)cc1C. The molecule has 1 heterocycles.